The van der Waals surface area contributed by atoms with Crippen LogP contribution in [0.5, 0.6) is 11.5 Å². The highest BCUT2D eigenvalue weighted by atomic mass is 16.7. The van der Waals surface area contributed by atoms with Gasteiger partial charge in [0.05, 0.1) is 6.21 Å². The number of hydrogen-bond donors (Lipinski definition) is 2. The van der Waals surface area contributed by atoms with E-state index in [2.05, 4.69) is 22.8 Å². The Morgan fingerprint density at radius 1 is 1.04 bits per heavy atom. The average molecular weight is 367 g/mol. The van der Waals surface area contributed by atoms with Crippen molar-refractivity contribution >= 4 is 23.7 Å². The van der Waals surface area contributed by atoms with E-state index in [1.54, 1.807) is 18.2 Å². The zero-order valence-corrected chi connectivity index (χ0v) is 15.0. The normalized spacial score (nSPS) is 12.2. The van der Waals surface area contributed by atoms with Crippen LogP contribution >= 0.6 is 0 Å². The van der Waals surface area contributed by atoms with Gasteiger partial charge in [-0.25, -0.2) is 5.43 Å². The van der Waals surface area contributed by atoms with Gasteiger partial charge in [-0.2, -0.15) is 5.10 Å². The Bertz CT molecular complexity index is 847. The Hall–Kier alpha value is -3.35. The molecule has 0 atom stereocenters. The fraction of sp³-hybridized carbons (Fsp3) is 0.250. The van der Waals surface area contributed by atoms with Gasteiger partial charge in [0.1, 0.15) is 0 Å². The molecule has 7 nitrogen and oxygen atoms in total. The molecule has 0 aromatic heterocycles. The van der Waals surface area contributed by atoms with Gasteiger partial charge in [-0.05, 0) is 47.9 Å². The summed E-state index contributed by atoms with van der Waals surface area (Å²) in [5, 5.41) is 6.67. The van der Waals surface area contributed by atoms with Crippen LogP contribution in [0.1, 0.15) is 30.9 Å². The Labute approximate surface area is 157 Å². The van der Waals surface area contributed by atoms with Crippen molar-refractivity contribution in [3.8, 4) is 11.5 Å². The fourth-order valence-corrected chi connectivity index (χ4v) is 2.50. The van der Waals surface area contributed by atoms with Crippen LogP contribution in [0.2, 0.25) is 0 Å². The van der Waals surface area contributed by atoms with Gasteiger partial charge in [0.2, 0.25) is 18.6 Å². The van der Waals surface area contributed by atoms with E-state index < -0.39 is 0 Å². The lowest BCUT2D eigenvalue weighted by Gasteiger charge is -2.05. The lowest BCUT2D eigenvalue weighted by molar-refractivity contribution is -0.124. The Morgan fingerprint density at radius 3 is 2.56 bits per heavy atom. The molecule has 2 aromatic carbocycles. The maximum absolute atomic E-state index is 11.9. The van der Waals surface area contributed by atoms with Gasteiger partial charge in [-0.3, -0.25) is 9.59 Å². The lowest BCUT2D eigenvalue weighted by atomic mass is 10.1. The summed E-state index contributed by atoms with van der Waals surface area (Å²) < 4.78 is 10.5. The second-order valence-electron chi connectivity index (χ2n) is 6.00. The maximum Gasteiger partial charge on any atom is 0.240 e. The van der Waals surface area contributed by atoms with Crippen LogP contribution in [0.4, 0.5) is 5.69 Å². The summed E-state index contributed by atoms with van der Waals surface area (Å²) in [6, 6.07) is 13.0. The minimum absolute atomic E-state index is 0.0529. The maximum atomic E-state index is 11.9. The van der Waals surface area contributed by atoms with Crippen LogP contribution < -0.4 is 20.2 Å². The Balaban J connectivity index is 1.40. The number of fused-ring (bicyclic) bond motifs is 1. The van der Waals surface area contributed by atoms with Crippen LogP contribution in [0.3, 0.4) is 0 Å². The molecule has 1 aliphatic heterocycles. The summed E-state index contributed by atoms with van der Waals surface area (Å²) in [6.45, 7) is 2.28. The molecular weight excluding hydrogens is 346 g/mol. The smallest absolute Gasteiger partial charge is 0.240 e. The third-order valence-electron chi connectivity index (χ3n) is 4.02. The number of anilines is 1. The van der Waals surface area contributed by atoms with E-state index in [0.29, 0.717) is 11.5 Å². The molecule has 2 aromatic rings. The number of hydrazone groups is 1. The third-order valence-corrected chi connectivity index (χ3v) is 4.02. The first kappa shape index (κ1) is 18.4. The molecule has 0 spiro atoms. The molecule has 27 heavy (non-hydrogen) atoms. The molecule has 140 valence electrons. The monoisotopic (exact) mass is 367 g/mol. The minimum Gasteiger partial charge on any atom is -0.454 e. The second-order valence-corrected chi connectivity index (χ2v) is 6.00. The van der Waals surface area contributed by atoms with Gasteiger partial charge in [0.25, 0.3) is 0 Å². The van der Waals surface area contributed by atoms with E-state index in [0.717, 1.165) is 17.7 Å². The topological polar surface area (TPSA) is 89.0 Å². The first-order valence-corrected chi connectivity index (χ1v) is 8.74. The zero-order valence-electron chi connectivity index (χ0n) is 15.0. The van der Waals surface area contributed by atoms with E-state index in [1.165, 1.54) is 11.8 Å². The molecule has 2 N–H and O–H groups in total. The number of aryl methyl sites for hydroxylation is 1. The predicted molar refractivity (Wildman–Crippen MR) is 102 cm³/mol. The Morgan fingerprint density at radius 2 is 1.78 bits per heavy atom. The molecule has 7 heteroatoms. The summed E-state index contributed by atoms with van der Waals surface area (Å²) in [4.78, 5) is 23.7. The molecule has 0 radical (unpaired) electrons. The first-order valence-electron chi connectivity index (χ1n) is 8.74. The van der Waals surface area contributed by atoms with Crippen molar-refractivity contribution in [1.29, 1.82) is 0 Å². The fourth-order valence-electron chi connectivity index (χ4n) is 2.50. The second kappa shape index (κ2) is 8.84. The van der Waals surface area contributed by atoms with E-state index >= 15 is 0 Å². The quantitative estimate of drug-likeness (QED) is 0.582. The van der Waals surface area contributed by atoms with Crippen LogP contribution in [0, 0.1) is 0 Å². The highest BCUT2D eigenvalue weighted by Gasteiger charge is 2.12. The molecule has 2 amide bonds. The van der Waals surface area contributed by atoms with Gasteiger partial charge in [0, 0.05) is 18.5 Å². The number of hydrogen-bond acceptors (Lipinski definition) is 5. The van der Waals surface area contributed by atoms with Crippen molar-refractivity contribution in [3.63, 3.8) is 0 Å². The van der Waals surface area contributed by atoms with Crippen LogP contribution in [-0.4, -0.2) is 24.8 Å². The number of amides is 2. The molecule has 3 rings (SSSR count). The van der Waals surface area contributed by atoms with Crippen LogP contribution in [0.25, 0.3) is 0 Å². The van der Waals surface area contributed by atoms with Crippen molar-refractivity contribution in [2.75, 3.05) is 12.1 Å². The summed E-state index contributed by atoms with van der Waals surface area (Å²) in [5.41, 5.74) is 5.11. The molecule has 0 saturated carbocycles. The SMILES string of the molecule is CCc1ccc(NC(=O)CCC(=O)N/N=C\c2ccc3c(c2)OCO3)cc1. The minimum atomic E-state index is -0.330. The molecule has 0 saturated heterocycles. The molecule has 0 bridgehead atoms. The summed E-state index contributed by atoms with van der Waals surface area (Å²) in [5.74, 6) is 0.790. The number of carbonyl (C=O) groups excluding carboxylic acids is 2. The molecular formula is C20H21N3O4. The number of ether oxygens (including phenoxy) is 2. The van der Waals surface area contributed by atoms with Crippen molar-refractivity contribution < 1.29 is 19.1 Å². The number of carbonyl (C=O) groups is 2. The van der Waals surface area contributed by atoms with Crippen molar-refractivity contribution in [3.05, 3.63) is 53.6 Å². The largest absolute Gasteiger partial charge is 0.454 e. The zero-order chi connectivity index (χ0) is 19.1. The number of benzene rings is 2. The van der Waals surface area contributed by atoms with E-state index in [-0.39, 0.29) is 31.4 Å². The van der Waals surface area contributed by atoms with E-state index in [1.807, 2.05) is 24.3 Å². The van der Waals surface area contributed by atoms with Gasteiger partial charge in [-0.15, -0.1) is 0 Å². The average Bonchev–Trinajstić information content (AvgIpc) is 3.15. The van der Waals surface area contributed by atoms with E-state index in [9.17, 15) is 9.59 Å². The third kappa shape index (κ3) is 5.31. The highest BCUT2D eigenvalue weighted by molar-refractivity contribution is 5.93. The van der Waals surface area contributed by atoms with Gasteiger partial charge >= 0.3 is 0 Å². The summed E-state index contributed by atoms with van der Waals surface area (Å²) in [6.07, 6.45) is 2.59. The van der Waals surface area contributed by atoms with Gasteiger partial charge < -0.3 is 14.8 Å². The van der Waals surface area contributed by atoms with Crippen LogP contribution in [-0.2, 0) is 16.0 Å². The first-order chi connectivity index (χ1) is 13.1. The van der Waals surface area contributed by atoms with Crippen molar-refractivity contribution in [2.45, 2.75) is 26.2 Å². The molecule has 0 aliphatic carbocycles. The highest BCUT2D eigenvalue weighted by Crippen LogP contribution is 2.31. The number of nitrogens with zero attached hydrogens (tertiary/aromatic N) is 1. The van der Waals surface area contributed by atoms with Crippen LogP contribution in [0.15, 0.2) is 47.6 Å². The lowest BCUT2D eigenvalue weighted by Crippen LogP contribution is -2.20. The molecule has 1 aliphatic rings. The standard InChI is InChI=1S/C20H21N3O4/c1-2-14-3-6-16(7-4-14)22-19(24)9-10-20(25)23-21-12-15-5-8-17-18(11-15)27-13-26-17/h3-8,11-12H,2,9-10,13H2,1H3,(H,22,24)(H,23,25)/b21-12-. The molecule has 1 heterocycles. The molecule has 0 unspecified atom stereocenters. The van der Waals surface area contributed by atoms with Gasteiger partial charge in [-0.1, -0.05) is 19.1 Å². The molecule has 0 fully saturated rings. The van der Waals surface area contributed by atoms with Crippen molar-refractivity contribution in [2.24, 2.45) is 5.10 Å². The predicted octanol–water partition coefficient (Wildman–Crippen LogP) is 2.85. The van der Waals surface area contributed by atoms with E-state index in [4.69, 9.17) is 9.47 Å². The Kier molecular flexibility index (Phi) is 6.04. The summed E-state index contributed by atoms with van der Waals surface area (Å²) in [7, 11) is 0. The van der Waals surface area contributed by atoms with Crippen molar-refractivity contribution in [1.82, 2.24) is 5.43 Å². The number of nitrogens with one attached hydrogen (secondary N) is 2. The summed E-state index contributed by atoms with van der Waals surface area (Å²) >= 11 is 0. The van der Waals surface area contributed by atoms with Gasteiger partial charge in [0.15, 0.2) is 11.5 Å². The number of rotatable bonds is 7.